The van der Waals surface area contributed by atoms with Gasteiger partial charge in [0.15, 0.2) is 0 Å². The van der Waals surface area contributed by atoms with E-state index in [1.165, 1.54) is 0 Å². The highest BCUT2D eigenvalue weighted by molar-refractivity contribution is 5.80. The maximum Gasteiger partial charge on any atom is 0.146 e. The largest absolute Gasteiger partial charge is 0.381 e. The van der Waals surface area contributed by atoms with Crippen LogP contribution in [0.15, 0.2) is 0 Å². The van der Waals surface area contributed by atoms with Crippen LogP contribution in [-0.2, 0) is 9.53 Å². The topological polar surface area (TPSA) is 38.3 Å². The predicted octanol–water partition coefficient (Wildman–Crippen LogP) is 0.982. The van der Waals surface area contributed by atoms with Gasteiger partial charge in [-0.05, 0) is 25.3 Å². The second-order valence-electron chi connectivity index (χ2n) is 3.58. The van der Waals surface area contributed by atoms with Crippen molar-refractivity contribution in [1.82, 2.24) is 5.32 Å². The molecule has 0 saturated carbocycles. The van der Waals surface area contributed by atoms with Gasteiger partial charge in [-0.15, -0.1) is 0 Å². The van der Waals surface area contributed by atoms with Gasteiger partial charge in [0, 0.05) is 19.6 Å². The number of hydrogen-bond donors (Lipinski definition) is 1. The fraction of sp³-hybridized carbons (Fsp3) is 0.900. The molecular formula is C10H19NO2. The molecule has 0 aromatic carbocycles. The lowest BCUT2D eigenvalue weighted by molar-refractivity contribution is -0.119. The fourth-order valence-corrected chi connectivity index (χ4v) is 1.61. The lowest BCUT2D eigenvalue weighted by atomic mass is 9.94. The molecule has 0 aromatic rings. The zero-order valence-electron chi connectivity index (χ0n) is 8.34. The molecule has 0 spiro atoms. The number of ketones is 1. The molecule has 3 heteroatoms. The highest BCUT2D eigenvalue weighted by atomic mass is 16.5. The Morgan fingerprint density at radius 1 is 1.46 bits per heavy atom. The summed E-state index contributed by atoms with van der Waals surface area (Å²) in [4.78, 5) is 11.4. The molecule has 1 saturated heterocycles. The van der Waals surface area contributed by atoms with Gasteiger partial charge in [0.25, 0.3) is 0 Å². The van der Waals surface area contributed by atoms with Gasteiger partial charge in [0.1, 0.15) is 5.78 Å². The number of Topliss-reactive ketones (excluding diaryl/α,β-unsaturated/α-hetero) is 1. The average Bonchev–Trinajstić information content (AvgIpc) is 2.16. The van der Waals surface area contributed by atoms with Crippen molar-refractivity contribution in [3.63, 3.8) is 0 Å². The monoisotopic (exact) mass is 185 g/mol. The van der Waals surface area contributed by atoms with Gasteiger partial charge in [-0.2, -0.15) is 0 Å². The van der Waals surface area contributed by atoms with E-state index in [9.17, 15) is 4.79 Å². The van der Waals surface area contributed by atoms with E-state index in [2.05, 4.69) is 5.32 Å². The second-order valence-corrected chi connectivity index (χ2v) is 3.58. The fourth-order valence-electron chi connectivity index (χ4n) is 1.61. The van der Waals surface area contributed by atoms with E-state index in [1.807, 2.05) is 6.92 Å². The number of carbonyl (C=O) groups excluding carboxylic acids is 1. The first-order chi connectivity index (χ1) is 6.33. The van der Waals surface area contributed by atoms with Crippen LogP contribution in [-0.4, -0.2) is 32.1 Å². The van der Waals surface area contributed by atoms with Gasteiger partial charge in [-0.25, -0.2) is 0 Å². The normalized spacial score (nSPS) is 18.8. The molecule has 0 radical (unpaired) electrons. The lowest BCUT2D eigenvalue weighted by Crippen LogP contribution is -2.26. The molecule has 0 bridgehead atoms. The summed E-state index contributed by atoms with van der Waals surface area (Å²) < 4.78 is 5.24. The van der Waals surface area contributed by atoms with Crippen LogP contribution in [0.3, 0.4) is 0 Å². The van der Waals surface area contributed by atoms with Crippen LogP contribution in [0.4, 0.5) is 0 Å². The van der Waals surface area contributed by atoms with E-state index in [-0.39, 0.29) is 0 Å². The molecule has 76 valence electrons. The standard InChI is InChI=1S/C10H19NO2/c1-2-11-8-10(12)7-9-3-5-13-6-4-9/h9,11H,2-8H2,1H3. The van der Waals surface area contributed by atoms with Gasteiger partial charge < -0.3 is 10.1 Å². The minimum Gasteiger partial charge on any atom is -0.381 e. The Morgan fingerprint density at radius 2 is 2.15 bits per heavy atom. The Balaban J connectivity index is 2.11. The SMILES string of the molecule is CCNCC(=O)CC1CCOCC1. The first kappa shape index (κ1) is 10.7. The van der Waals surface area contributed by atoms with Crippen LogP contribution in [0.2, 0.25) is 0 Å². The quantitative estimate of drug-likeness (QED) is 0.694. The van der Waals surface area contributed by atoms with Gasteiger partial charge >= 0.3 is 0 Å². The van der Waals surface area contributed by atoms with Crippen LogP contribution in [0, 0.1) is 5.92 Å². The predicted molar refractivity (Wildman–Crippen MR) is 51.7 cm³/mol. The third-order valence-corrected chi connectivity index (χ3v) is 2.43. The number of ether oxygens (including phenoxy) is 1. The maximum atomic E-state index is 11.4. The minimum absolute atomic E-state index is 0.341. The zero-order valence-corrected chi connectivity index (χ0v) is 8.34. The molecular weight excluding hydrogens is 166 g/mol. The van der Waals surface area contributed by atoms with Crippen LogP contribution in [0.25, 0.3) is 0 Å². The second kappa shape index (κ2) is 6.11. The van der Waals surface area contributed by atoms with Crippen molar-refractivity contribution in [2.75, 3.05) is 26.3 Å². The summed E-state index contributed by atoms with van der Waals surface area (Å²) in [6, 6.07) is 0. The molecule has 1 aliphatic rings. The van der Waals surface area contributed by atoms with Crippen molar-refractivity contribution in [2.45, 2.75) is 26.2 Å². The van der Waals surface area contributed by atoms with E-state index >= 15 is 0 Å². The molecule has 0 atom stereocenters. The Kier molecular flexibility index (Phi) is 5.01. The van der Waals surface area contributed by atoms with E-state index < -0.39 is 0 Å². The summed E-state index contributed by atoms with van der Waals surface area (Å²) in [5.41, 5.74) is 0. The van der Waals surface area contributed by atoms with Crippen LogP contribution in [0.5, 0.6) is 0 Å². The van der Waals surface area contributed by atoms with Crippen LogP contribution in [0.1, 0.15) is 26.2 Å². The number of carbonyl (C=O) groups is 1. The van der Waals surface area contributed by atoms with E-state index in [4.69, 9.17) is 4.74 Å². The van der Waals surface area contributed by atoms with Crippen molar-refractivity contribution in [3.8, 4) is 0 Å². The van der Waals surface area contributed by atoms with Gasteiger partial charge in [0.05, 0.1) is 6.54 Å². The summed E-state index contributed by atoms with van der Waals surface area (Å²) in [5, 5.41) is 3.06. The summed E-state index contributed by atoms with van der Waals surface area (Å²) in [7, 11) is 0. The Morgan fingerprint density at radius 3 is 2.77 bits per heavy atom. The number of likely N-dealkylation sites (N-methyl/N-ethyl adjacent to an activating group) is 1. The highest BCUT2D eigenvalue weighted by Crippen LogP contribution is 2.18. The number of nitrogens with one attached hydrogen (secondary N) is 1. The molecule has 1 rings (SSSR count). The van der Waals surface area contributed by atoms with Crippen LogP contribution < -0.4 is 5.32 Å². The Labute approximate surface area is 79.8 Å². The van der Waals surface area contributed by atoms with E-state index in [0.29, 0.717) is 18.2 Å². The van der Waals surface area contributed by atoms with Gasteiger partial charge in [-0.1, -0.05) is 6.92 Å². The average molecular weight is 185 g/mol. The maximum absolute atomic E-state index is 11.4. The molecule has 0 aliphatic carbocycles. The zero-order chi connectivity index (χ0) is 9.52. The third-order valence-electron chi connectivity index (χ3n) is 2.43. The van der Waals surface area contributed by atoms with Crippen molar-refractivity contribution in [1.29, 1.82) is 0 Å². The summed E-state index contributed by atoms with van der Waals surface area (Å²) >= 11 is 0. The third kappa shape index (κ3) is 4.39. The smallest absolute Gasteiger partial charge is 0.146 e. The molecule has 13 heavy (non-hydrogen) atoms. The summed E-state index contributed by atoms with van der Waals surface area (Å²) in [5.74, 6) is 0.911. The van der Waals surface area contributed by atoms with Crippen LogP contribution >= 0.6 is 0 Å². The van der Waals surface area contributed by atoms with E-state index in [0.717, 1.165) is 39.0 Å². The molecule has 0 unspecified atom stereocenters. The van der Waals surface area contributed by atoms with Crippen molar-refractivity contribution >= 4 is 5.78 Å². The molecule has 1 fully saturated rings. The summed E-state index contributed by atoms with van der Waals surface area (Å²) in [6.45, 7) is 5.09. The molecule has 1 heterocycles. The highest BCUT2D eigenvalue weighted by Gasteiger charge is 2.16. The van der Waals surface area contributed by atoms with Crippen molar-refractivity contribution < 1.29 is 9.53 Å². The van der Waals surface area contributed by atoms with Crippen molar-refractivity contribution in [2.24, 2.45) is 5.92 Å². The minimum atomic E-state index is 0.341. The molecule has 1 N–H and O–H groups in total. The molecule has 0 amide bonds. The molecule has 0 aromatic heterocycles. The first-order valence-electron chi connectivity index (χ1n) is 5.13. The Hall–Kier alpha value is -0.410. The lowest BCUT2D eigenvalue weighted by Gasteiger charge is -2.21. The van der Waals surface area contributed by atoms with Gasteiger partial charge in [0.2, 0.25) is 0 Å². The number of hydrogen-bond acceptors (Lipinski definition) is 3. The van der Waals surface area contributed by atoms with E-state index in [1.54, 1.807) is 0 Å². The van der Waals surface area contributed by atoms with Gasteiger partial charge in [-0.3, -0.25) is 4.79 Å². The Bertz CT molecular complexity index is 153. The number of rotatable bonds is 5. The molecule has 3 nitrogen and oxygen atoms in total. The van der Waals surface area contributed by atoms with Crippen molar-refractivity contribution in [3.05, 3.63) is 0 Å². The molecule has 1 aliphatic heterocycles. The first-order valence-corrected chi connectivity index (χ1v) is 5.13. The summed E-state index contributed by atoms with van der Waals surface area (Å²) in [6.07, 6.45) is 2.84.